The van der Waals surface area contributed by atoms with Crippen molar-refractivity contribution in [1.82, 2.24) is 5.32 Å². The maximum Gasteiger partial charge on any atom is 0.240 e. The molecule has 0 atom stereocenters. The van der Waals surface area contributed by atoms with Gasteiger partial charge in [-0.25, -0.2) is 0 Å². The van der Waals surface area contributed by atoms with Crippen molar-refractivity contribution < 1.29 is 9.59 Å². The van der Waals surface area contributed by atoms with Gasteiger partial charge in [0.25, 0.3) is 0 Å². The van der Waals surface area contributed by atoms with Crippen molar-refractivity contribution in [3.8, 4) is 0 Å². The Labute approximate surface area is 112 Å². The monoisotopic (exact) mass is 261 g/mol. The molecule has 0 bridgehead atoms. The van der Waals surface area contributed by atoms with Gasteiger partial charge in [0.1, 0.15) is 6.54 Å². The summed E-state index contributed by atoms with van der Waals surface area (Å²) in [6.07, 6.45) is 2.08. The summed E-state index contributed by atoms with van der Waals surface area (Å²) in [6.45, 7) is 2.50. The number of amides is 2. The van der Waals surface area contributed by atoms with E-state index in [2.05, 4.69) is 5.32 Å². The molecule has 19 heavy (non-hydrogen) atoms. The molecular formula is C14H19N3O2. The lowest BCUT2D eigenvalue weighted by Gasteiger charge is -2.22. The van der Waals surface area contributed by atoms with E-state index in [0.717, 1.165) is 24.1 Å². The molecule has 102 valence electrons. The Bertz CT molecular complexity index is 499. The number of nitrogens with zero attached hydrogens (tertiary/aromatic N) is 1. The van der Waals surface area contributed by atoms with Crippen LogP contribution in [0.3, 0.4) is 0 Å². The molecule has 0 saturated heterocycles. The van der Waals surface area contributed by atoms with Crippen LogP contribution in [0.15, 0.2) is 18.2 Å². The molecule has 5 heteroatoms. The summed E-state index contributed by atoms with van der Waals surface area (Å²) >= 11 is 0. The summed E-state index contributed by atoms with van der Waals surface area (Å²) in [5.74, 6) is -0.143. The number of hydrogen-bond donors (Lipinski definition) is 2. The third-order valence-electron chi connectivity index (χ3n) is 3.21. The minimum Gasteiger partial charge on any atom is -0.399 e. The van der Waals surface area contributed by atoms with E-state index in [-0.39, 0.29) is 18.4 Å². The first-order chi connectivity index (χ1) is 9.11. The first-order valence-corrected chi connectivity index (χ1v) is 6.57. The van der Waals surface area contributed by atoms with E-state index in [0.29, 0.717) is 18.7 Å². The minimum absolute atomic E-state index is 0.00484. The molecule has 0 aromatic heterocycles. The van der Waals surface area contributed by atoms with Crippen molar-refractivity contribution in [2.24, 2.45) is 0 Å². The molecule has 1 aromatic carbocycles. The van der Waals surface area contributed by atoms with Crippen LogP contribution < -0.4 is 16.0 Å². The van der Waals surface area contributed by atoms with Crippen LogP contribution in [0.2, 0.25) is 0 Å². The van der Waals surface area contributed by atoms with Crippen molar-refractivity contribution in [2.45, 2.75) is 26.2 Å². The Morgan fingerprint density at radius 3 is 2.95 bits per heavy atom. The van der Waals surface area contributed by atoms with Gasteiger partial charge in [0.05, 0.1) is 0 Å². The molecule has 1 aromatic rings. The van der Waals surface area contributed by atoms with Crippen molar-refractivity contribution in [2.75, 3.05) is 23.7 Å². The highest BCUT2D eigenvalue weighted by Gasteiger charge is 2.24. The fourth-order valence-corrected chi connectivity index (χ4v) is 2.34. The number of likely N-dealkylation sites (N-methyl/N-ethyl adjacent to an activating group) is 1. The molecule has 3 N–H and O–H groups in total. The number of nitrogens with one attached hydrogen (secondary N) is 1. The van der Waals surface area contributed by atoms with Gasteiger partial charge in [-0.3, -0.25) is 9.59 Å². The number of hydrogen-bond acceptors (Lipinski definition) is 3. The van der Waals surface area contributed by atoms with Crippen LogP contribution in [0.4, 0.5) is 11.4 Å². The molecule has 1 heterocycles. The number of rotatable bonds is 3. The maximum atomic E-state index is 12.1. The number of benzene rings is 1. The Morgan fingerprint density at radius 2 is 2.21 bits per heavy atom. The predicted octanol–water partition coefficient (Wildman–Crippen LogP) is 1.07. The van der Waals surface area contributed by atoms with Crippen LogP contribution in [0, 0.1) is 0 Å². The molecule has 1 aliphatic rings. The third kappa shape index (κ3) is 3.05. The highest BCUT2D eigenvalue weighted by atomic mass is 16.2. The van der Waals surface area contributed by atoms with E-state index in [1.807, 2.05) is 19.1 Å². The zero-order valence-corrected chi connectivity index (χ0v) is 11.1. The van der Waals surface area contributed by atoms with Crippen molar-refractivity contribution in [1.29, 1.82) is 0 Å². The average Bonchev–Trinajstić information content (AvgIpc) is 2.50. The fraction of sp³-hybridized carbons (Fsp3) is 0.429. The van der Waals surface area contributed by atoms with Crippen LogP contribution >= 0.6 is 0 Å². The number of nitrogens with two attached hydrogens (primary N) is 1. The molecule has 0 spiro atoms. The lowest BCUT2D eigenvalue weighted by atomic mass is 10.1. The number of aryl methyl sites for hydroxylation is 1. The second-order valence-electron chi connectivity index (χ2n) is 4.68. The van der Waals surface area contributed by atoms with Gasteiger partial charge in [-0.2, -0.15) is 0 Å². The Balaban J connectivity index is 2.30. The van der Waals surface area contributed by atoms with Crippen LogP contribution in [0.1, 0.15) is 25.3 Å². The van der Waals surface area contributed by atoms with E-state index < -0.39 is 0 Å². The number of anilines is 2. The van der Waals surface area contributed by atoms with Crippen molar-refractivity contribution in [3.05, 3.63) is 23.8 Å². The van der Waals surface area contributed by atoms with Crippen molar-refractivity contribution >= 4 is 23.2 Å². The minimum atomic E-state index is -0.138. The second-order valence-corrected chi connectivity index (χ2v) is 4.68. The van der Waals surface area contributed by atoms with Gasteiger partial charge in [0.15, 0.2) is 0 Å². The zero-order valence-electron chi connectivity index (χ0n) is 11.1. The largest absolute Gasteiger partial charge is 0.399 e. The van der Waals surface area contributed by atoms with Gasteiger partial charge >= 0.3 is 0 Å². The topological polar surface area (TPSA) is 75.4 Å². The normalized spacial score (nSPS) is 14.8. The van der Waals surface area contributed by atoms with Crippen molar-refractivity contribution in [3.63, 3.8) is 0 Å². The smallest absolute Gasteiger partial charge is 0.240 e. The molecule has 0 radical (unpaired) electrons. The van der Waals surface area contributed by atoms with E-state index in [4.69, 9.17) is 5.73 Å². The van der Waals surface area contributed by atoms with Gasteiger partial charge < -0.3 is 16.0 Å². The molecular weight excluding hydrogens is 242 g/mol. The lowest BCUT2D eigenvalue weighted by molar-refractivity contribution is -0.123. The van der Waals surface area contributed by atoms with Crippen LogP contribution in [0.5, 0.6) is 0 Å². The Morgan fingerprint density at radius 1 is 1.42 bits per heavy atom. The lowest BCUT2D eigenvalue weighted by Crippen LogP contribution is -2.40. The highest BCUT2D eigenvalue weighted by molar-refractivity contribution is 6.00. The van der Waals surface area contributed by atoms with Crippen LogP contribution in [-0.4, -0.2) is 24.9 Å². The van der Waals surface area contributed by atoms with Gasteiger partial charge in [-0.15, -0.1) is 0 Å². The predicted molar refractivity (Wildman–Crippen MR) is 74.8 cm³/mol. The molecule has 0 unspecified atom stereocenters. The summed E-state index contributed by atoms with van der Waals surface area (Å²) in [5.41, 5.74) is 8.31. The molecule has 5 nitrogen and oxygen atoms in total. The summed E-state index contributed by atoms with van der Waals surface area (Å²) in [5, 5.41) is 2.72. The number of carbonyl (C=O) groups excluding carboxylic acids is 2. The van der Waals surface area contributed by atoms with E-state index >= 15 is 0 Å². The SMILES string of the molecule is CCNC(=O)CN1C(=O)CCCc2cc(N)ccc21. The number of nitrogen functional groups attached to an aromatic ring is 1. The average molecular weight is 261 g/mol. The molecule has 0 fully saturated rings. The molecule has 0 saturated carbocycles. The molecule has 2 amide bonds. The van der Waals surface area contributed by atoms with E-state index in [9.17, 15) is 9.59 Å². The first kappa shape index (κ1) is 13.4. The zero-order chi connectivity index (χ0) is 13.8. The third-order valence-corrected chi connectivity index (χ3v) is 3.21. The fourth-order valence-electron chi connectivity index (χ4n) is 2.34. The van der Waals surface area contributed by atoms with Crippen LogP contribution in [0.25, 0.3) is 0 Å². The summed E-state index contributed by atoms with van der Waals surface area (Å²) < 4.78 is 0. The summed E-state index contributed by atoms with van der Waals surface area (Å²) in [4.78, 5) is 25.4. The van der Waals surface area contributed by atoms with E-state index in [1.165, 1.54) is 0 Å². The van der Waals surface area contributed by atoms with Crippen LogP contribution in [-0.2, 0) is 16.0 Å². The maximum absolute atomic E-state index is 12.1. The Hall–Kier alpha value is -2.04. The highest BCUT2D eigenvalue weighted by Crippen LogP contribution is 2.28. The van der Waals surface area contributed by atoms with Gasteiger partial charge in [-0.05, 0) is 43.5 Å². The Kier molecular flexibility index (Phi) is 4.04. The van der Waals surface area contributed by atoms with Gasteiger partial charge in [-0.1, -0.05) is 0 Å². The summed E-state index contributed by atoms with van der Waals surface area (Å²) in [6, 6.07) is 5.48. The number of fused-ring (bicyclic) bond motifs is 1. The standard InChI is InChI=1S/C14H19N3O2/c1-2-16-13(18)9-17-12-7-6-11(15)8-10(12)4-3-5-14(17)19/h6-8H,2-5,9,15H2,1H3,(H,16,18). The number of carbonyl (C=O) groups is 2. The second kappa shape index (κ2) is 5.73. The quantitative estimate of drug-likeness (QED) is 0.799. The van der Waals surface area contributed by atoms with Gasteiger partial charge in [0, 0.05) is 24.3 Å². The molecule has 2 rings (SSSR count). The molecule has 0 aliphatic carbocycles. The summed E-state index contributed by atoms with van der Waals surface area (Å²) in [7, 11) is 0. The van der Waals surface area contributed by atoms with Gasteiger partial charge in [0.2, 0.25) is 11.8 Å². The molecule has 1 aliphatic heterocycles. The first-order valence-electron chi connectivity index (χ1n) is 6.57. The van der Waals surface area contributed by atoms with E-state index in [1.54, 1.807) is 11.0 Å².